The number of ether oxygens (including phenoxy) is 2. The molecule has 0 spiro atoms. The lowest BCUT2D eigenvalue weighted by atomic mass is 10.0. The summed E-state index contributed by atoms with van der Waals surface area (Å²) < 4.78 is 12.0. The van der Waals surface area contributed by atoms with Crippen LogP contribution in [0, 0.1) is 0 Å². The number of benzene rings is 2. The molecule has 1 atom stereocenters. The highest BCUT2D eigenvalue weighted by molar-refractivity contribution is 5.85. The zero-order chi connectivity index (χ0) is 39.4. The Kier molecular flexibility index (Phi) is 30.0. The maximum Gasteiger partial charge on any atom is 0.124 e. The summed E-state index contributed by atoms with van der Waals surface area (Å²) in [6.45, 7) is 8.37. The van der Waals surface area contributed by atoms with Crippen molar-refractivity contribution in [3.8, 4) is 23.0 Å². The van der Waals surface area contributed by atoms with E-state index in [1.807, 2.05) is 31.2 Å². The van der Waals surface area contributed by atoms with Gasteiger partial charge in [0.15, 0.2) is 0 Å². The summed E-state index contributed by atoms with van der Waals surface area (Å²) in [5.74, 6) is 1.86. The van der Waals surface area contributed by atoms with Gasteiger partial charge >= 0.3 is 0 Å². The van der Waals surface area contributed by atoms with E-state index in [0.717, 1.165) is 24.3 Å². The van der Waals surface area contributed by atoms with E-state index in [4.69, 9.17) is 9.47 Å². The maximum absolute atomic E-state index is 10.4. The molecule has 6 nitrogen and oxygen atoms in total. The van der Waals surface area contributed by atoms with E-state index in [1.165, 1.54) is 167 Å². The molecule has 0 aromatic heterocycles. The molecule has 0 radical (unpaired) electrons. The first-order chi connectivity index (χ1) is 27.0. The molecule has 0 aliphatic carbocycles. The molecule has 2 aromatic carbocycles. The third-order valence-electron chi connectivity index (χ3n) is 10.6. The number of hydrogen-bond acceptors (Lipinski definition) is 6. The average Bonchev–Trinajstić information content (AvgIpc) is 3.19. The fraction of sp³-hybridized carbons (Fsp3) is 0.714. The summed E-state index contributed by atoms with van der Waals surface area (Å²) in [6, 6.07) is 10.6. The molecule has 0 heterocycles. The molecule has 55 heavy (non-hydrogen) atoms. The zero-order valence-corrected chi connectivity index (χ0v) is 35.7. The molecule has 0 amide bonds. The van der Waals surface area contributed by atoms with E-state index >= 15 is 0 Å². The van der Waals surface area contributed by atoms with Crippen LogP contribution >= 0.6 is 0 Å². The van der Waals surface area contributed by atoms with Crippen molar-refractivity contribution in [2.45, 2.75) is 207 Å². The summed E-state index contributed by atoms with van der Waals surface area (Å²) in [7, 11) is 0. The predicted molar refractivity (Wildman–Crippen MR) is 237 cm³/mol. The van der Waals surface area contributed by atoms with E-state index in [9.17, 15) is 10.2 Å². The Morgan fingerprint density at radius 3 is 1.16 bits per heavy atom. The van der Waals surface area contributed by atoms with E-state index in [0.29, 0.717) is 30.9 Å². The molecule has 0 bridgehead atoms. The molecule has 312 valence electrons. The smallest absolute Gasteiger partial charge is 0.124 e. The van der Waals surface area contributed by atoms with Crippen molar-refractivity contribution in [2.24, 2.45) is 9.98 Å². The van der Waals surface area contributed by atoms with Crippen LogP contribution in [0.3, 0.4) is 0 Å². The van der Waals surface area contributed by atoms with Crippen LogP contribution < -0.4 is 9.47 Å². The van der Waals surface area contributed by atoms with Gasteiger partial charge in [0, 0.05) is 23.6 Å². The number of phenolic OH excluding ortho intramolecular Hbond substituents is 2. The van der Waals surface area contributed by atoms with Crippen molar-refractivity contribution < 1.29 is 19.7 Å². The molecule has 2 rings (SSSR count). The van der Waals surface area contributed by atoms with Crippen molar-refractivity contribution in [1.82, 2.24) is 0 Å². The fourth-order valence-electron chi connectivity index (χ4n) is 6.98. The first-order valence-corrected chi connectivity index (χ1v) is 23.0. The molecule has 0 unspecified atom stereocenters. The second-order valence-corrected chi connectivity index (χ2v) is 16.0. The normalized spacial score (nSPS) is 12.3. The number of nitrogens with zero attached hydrogens (tertiary/aromatic N) is 2. The van der Waals surface area contributed by atoms with Crippen LogP contribution in [0.15, 0.2) is 46.4 Å². The number of unbranched alkanes of at least 4 members (excludes halogenated alkanes) is 26. The Hall–Kier alpha value is -3.02. The Morgan fingerprint density at radius 1 is 0.473 bits per heavy atom. The van der Waals surface area contributed by atoms with Gasteiger partial charge in [-0.15, -0.1) is 0 Å². The first-order valence-electron chi connectivity index (χ1n) is 23.0. The Balaban J connectivity index is 1.56. The maximum atomic E-state index is 10.4. The number of aliphatic imine (C=N–C) groups is 2. The van der Waals surface area contributed by atoms with Gasteiger partial charge in [0.25, 0.3) is 0 Å². The van der Waals surface area contributed by atoms with E-state index in [1.54, 1.807) is 24.6 Å². The third-order valence-corrected chi connectivity index (χ3v) is 10.6. The van der Waals surface area contributed by atoms with Crippen molar-refractivity contribution in [1.29, 1.82) is 0 Å². The van der Waals surface area contributed by atoms with Crippen LogP contribution in [0.1, 0.15) is 212 Å². The molecule has 0 saturated heterocycles. The highest BCUT2D eigenvalue weighted by Gasteiger charge is 2.06. The molecule has 2 N–H and O–H groups in total. The minimum atomic E-state index is -0.0994. The number of aromatic hydroxyl groups is 2. The Labute approximate surface area is 338 Å². The zero-order valence-electron chi connectivity index (χ0n) is 35.7. The summed E-state index contributed by atoms with van der Waals surface area (Å²) in [5.41, 5.74) is 1.27. The molecule has 6 heteroatoms. The lowest BCUT2D eigenvalue weighted by Gasteiger charge is -2.09. The SMILES string of the molecule is CCCCCCCCCCCCCCCCOc1ccc(O)c(C=NC[C@@H](C)N=Cc2cc(OCCCCCCCCCCCCCCCC)ccc2O)c1. The summed E-state index contributed by atoms with van der Waals surface area (Å²) in [6.07, 6.45) is 40.9. The van der Waals surface area contributed by atoms with Gasteiger partial charge in [-0.3, -0.25) is 9.98 Å². The molecular formula is C49H82N2O4. The van der Waals surface area contributed by atoms with Crippen LogP contribution in [-0.4, -0.2) is 48.4 Å². The van der Waals surface area contributed by atoms with Crippen LogP contribution in [0.5, 0.6) is 23.0 Å². The molecule has 0 aliphatic heterocycles. The van der Waals surface area contributed by atoms with Crippen molar-refractivity contribution in [2.75, 3.05) is 19.8 Å². The van der Waals surface area contributed by atoms with Gasteiger partial charge in [-0.1, -0.05) is 181 Å². The highest BCUT2D eigenvalue weighted by atomic mass is 16.5. The van der Waals surface area contributed by atoms with Crippen LogP contribution in [0.4, 0.5) is 0 Å². The van der Waals surface area contributed by atoms with Gasteiger partial charge in [0.1, 0.15) is 23.0 Å². The van der Waals surface area contributed by atoms with Gasteiger partial charge < -0.3 is 19.7 Å². The van der Waals surface area contributed by atoms with Crippen LogP contribution in [0.2, 0.25) is 0 Å². The lowest BCUT2D eigenvalue weighted by Crippen LogP contribution is -2.04. The highest BCUT2D eigenvalue weighted by Crippen LogP contribution is 2.24. The van der Waals surface area contributed by atoms with Gasteiger partial charge in [-0.2, -0.15) is 0 Å². The molecular weight excluding hydrogens is 681 g/mol. The summed E-state index contributed by atoms with van der Waals surface area (Å²) in [5, 5.41) is 20.8. The van der Waals surface area contributed by atoms with Gasteiger partial charge in [-0.25, -0.2) is 0 Å². The Morgan fingerprint density at radius 2 is 0.800 bits per heavy atom. The van der Waals surface area contributed by atoms with E-state index in [-0.39, 0.29) is 17.5 Å². The van der Waals surface area contributed by atoms with Crippen LogP contribution in [0.25, 0.3) is 0 Å². The second kappa shape index (κ2) is 34.2. The minimum absolute atomic E-state index is 0.0994. The molecule has 2 aromatic rings. The van der Waals surface area contributed by atoms with Gasteiger partial charge in [0.2, 0.25) is 0 Å². The topological polar surface area (TPSA) is 83.6 Å². The Bertz CT molecular complexity index is 1250. The number of hydrogen-bond donors (Lipinski definition) is 2. The minimum Gasteiger partial charge on any atom is -0.507 e. The first kappa shape index (κ1) is 48.1. The molecule has 0 aliphatic rings. The van der Waals surface area contributed by atoms with Crippen molar-refractivity contribution >= 4 is 12.4 Å². The predicted octanol–water partition coefficient (Wildman–Crippen LogP) is 14.7. The summed E-state index contributed by atoms with van der Waals surface area (Å²) >= 11 is 0. The van der Waals surface area contributed by atoms with E-state index in [2.05, 4.69) is 23.8 Å². The third kappa shape index (κ3) is 26.5. The quantitative estimate of drug-likeness (QED) is 0.0530. The van der Waals surface area contributed by atoms with Gasteiger partial charge in [-0.05, 0) is 56.2 Å². The lowest BCUT2D eigenvalue weighted by molar-refractivity contribution is 0.303. The van der Waals surface area contributed by atoms with Crippen LogP contribution in [-0.2, 0) is 0 Å². The average molecular weight is 763 g/mol. The van der Waals surface area contributed by atoms with Crippen molar-refractivity contribution in [3.63, 3.8) is 0 Å². The molecule has 0 saturated carbocycles. The standard InChI is InChI=1S/C49H82N2O4/c1-4-6-8-10-12-14-16-18-20-22-24-26-28-30-36-54-46-32-34-48(52)44(38-46)41-50-40-43(3)51-42-45-39-47(33-35-49(45)53)55-37-31-29-27-25-23-21-19-17-15-13-11-9-7-5-2/h32-35,38-39,41-43,52-53H,4-31,36-37,40H2,1-3H3/t43-/m1/s1. The largest absolute Gasteiger partial charge is 0.507 e. The molecule has 0 fully saturated rings. The monoisotopic (exact) mass is 763 g/mol. The van der Waals surface area contributed by atoms with E-state index < -0.39 is 0 Å². The number of phenols is 2. The van der Waals surface area contributed by atoms with Crippen molar-refractivity contribution in [3.05, 3.63) is 47.5 Å². The summed E-state index contributed by atoms with van der Waals surface area (Å²) in [4.78, 5) is 9.14. The fourth-order valence-corrected chi connectivity index (χ4v) is 6.98. The van der Waals surface area contributed by atoms with Gasteiger partial charge in [0.05, 0.1) is 25.8 Å². The number of rotatable bonds is 37. The second-order valence-electron chi connectivity index (χ2n) is 16.0.